The van der Waals surface area contributed by atoms with Crippen LogP contribution in [-0.2, 0) is 0 Å². The summed E-state index contributed by atoms with van der Waals surface area (Å²) in [6.45, 7) is 4.18. The van der Waals surface area contributed by atoms with Crippen LogP contribution in [0.1, 0.15) is 19.9 Å². The molecule has 0 amide bonds. The summed E-state index contributed by atoms with van der Waals surface area (Å²) in [6.07, 6.45) is 3.36. The van der Waals surface area contributed by atoms with Gasteiger partial charge in [0, 0.05) is 17.0 Å². The molecule has 4 nitrogen and oxygen atoms in total. The van der Waals surface area contributed by atoms with Gasteiger partial charge in [0.1, 0.15) is 0 Å². The van der Waals surface area contributed by atoms with Gasteiger partial charge >= 0.3 is 0 Å². The summed E-state index contributed by atoms with van der Waals surface area (Å²) >= 11 is 12.0. The van der Waals surface area contributed by atoms with Gasteiger partial charge in [-0.15, -0.1) is 0 Å². The van der Waals surface area contributed by atoms with Crippen molar-refractivity contribution in [3.05, 3.63) is 40.9 Å². The summed E-state index contributed by atoms with van der Waals surface area (Å²) in [7, 11) is 0. The van der Waals surface area contributed by atoms with Gasteiger partial charge in [-0.05, 0) is 31.5 Å². The number of hydrogen-bond acceptors (Lipinski definition) is 3. The van der Waals surface area contributed by atoms with Gasteiger partial charge in [-0.3, -0.25) is 4.68 Å². The first-order valence-electron chi connectivity index (χ1n) is 6.22. The Bertz CT molecular complexity index is 780. The maximum atomic E-state index is 6.15. The van der Waals surface area contributed by atoms with Crippen LogP contribution in [-0.4, -0.2) is 19.7 Å². The molecule has 0 aliphatic rings. The van der Waals surface area contributed by atoms with Crippen LogP contribution in [0.15, 0.2) is 30.6 Å². The van der Waals surface area contributed by atoms with Crippen LogP contribution in [0.25, 0.3) is 22.2 Å². The maximum absolute atomic E-state index is 6.15. The van der Waals surface area contributed by atoms with E-state index < -0.39 is 0 Å². The van der Waals surface area contributed by atoms with Gasteiger partial charge in [-0.1, -0.05) is 23.7 Å². The monoisotopic (exact) mass is 306 g/mol. The lowest BCUT2D eigenvalue weighted by atomic mass is 10.1. The Morgan fingerprint density at radius 1 is 1.15 bits per heavy atom. The van der Waals surface area contributed by atoms with Crippen molar-refractivity contribution in [1.29, 1.82) is 0 Å². The molecule has 0 saturated heterocycles. The number of fused-ring (bicyclic) bond motifs is 1. The second-order valence-electron chi connectivity index (χ2n) is 4.79. The van der Waals surface area contributed by atoms with Gasteiger partial charge in [-0.25, -0.2) is 9.97 Å². The van der Waals surface area contributed by atoms with Crippen LogP contribution in [0.5, 0.6) is 0 Å². The van der Waals surface area contributed by atoms with Gasteiger partial charge in [0.2, 0.25) is 5.28 Å². The molecule has 0 spiro atoms. The van der Waals surface area contributed by atoms with Gasteiger partial charge in [0.05, 0.1) is 28.6 Å². The van der Waals surface area contributed by atoms with Gasteiger partial charge in [0.15, 0.2) is 0 Å². The first-order chi connectivity index (χ1) is 9.56. The number of aromatic nitrogens is 4. The van der Waals surface area contributed by atoms with Crippen LogP contribution in [0.2, 0.25) is 10.3 Å². The van der Waals surface area contributed by atoms with Crippen LogP contribution in [0.3, 0.4) is 0 Å². The third-order valence-electron chi connectivity index (χ3n) is 3.08. The zero-order valence-corrected chi connectivity index (χ0v) is 12.5. The minimum absolute atomic E-state index is 0.182. The van der Waals surface area contributed by atoms with Crippen molar-refractivity contribution < 1.29 is 0 Å². The van der Waals surface area contributed by atoms with Crippen LogP contribution >= 0.6 is 23.2 Å². The predicted octanol–water partition coefficient (Wildman–Crippen LogP) is 4.38. The number of nitrogens with zero attached hydrogens (tertiary/aromatic N) is 4. The summed E-state index contributed by atoms with van der Waals surface area (Å²) in [5.74, 6) is 0. The molecule has 1 aromatic carbocycles. The molecule has 3 rings (SSSR count). The van der Waals surface area contributed by atoms with Gasteiger partial charge < -0.3 is 0 Å². The smallest absolute Gasteiger partial charge is 0.222 e. The Hall–Kier alpha value is -1.65. The first kappa shape index (κ1) is 13.3. The van der Waals surface area contributed by atoms with E-state index in [9.17, 15) is 0 Å². The Balaban J connectivity index is 2.21. The van der Waals surface area contributed by atoms with E-state index in [0.29, 0.717) is 10.7 Å². The van der Waals surface area contributed by atoms with E-state index in [1.54, 1.807) is 0 Å². The molecule has 6 heteroatoms. The molecule has 0 N–H and O–H groups in total. The van der Waals surface area contributed by atoms with Crippen molar-refractivity contribution >= 4 is 34.1 Å². The van der Waals surface area contributed by atoms with Crippen LogP contribution in [0.4, 0.5) is 0 Å². The Morgan fingerprint density at radius 3 is 2.70 bits per heavy atom. The molecule has 0 fully saturated rings. The van der Waals surface area contributed by atoms with Crippen molar-refractivity contribution in [3.63, 3.8) is 0 Å². The lowest BCUT2D eigenvalue weighted by molar-refractivity contribution is 0.551. The molecule has 2 aromatic heterocycles. The van der Waals surface area contributed by atoms with E-state index in [1.165, 1.54) is 6.20 Å². The lowest BCUT2D eigenvalue weighted by Crippen LogP contribution is -2.02. The molecular formula is C14H12Cl2N4. The Kier molecular flexibility index (Phi) is 3.36. The van der Waals surface area contributed by atoms with Crippen molar-refractivity contribution in [3.8, 4) is 11.3 Å². The number of halogens is 2. The summed E-state index contributed by atoms with van der Waals surface area (Å²) in [4.78, 5) is 8.07. The highest BCUT2D eigenvalue weighted by Crippen LogP contribution is 2.29. The summed E-state index contributed by atoms with van der Waals surface area (Å²) < 4.78 is 1.97. The highest BCUT2D eigenvalue weighted by atomic mass is 35.5. The standard InChI is InChI=1S/C14H12Cl2N4/c1-8(2)20-12-5-9(3-4-10(12)6-18-20)13-11(15)7-17-14(16)19-13/h3-8H,1-2H3. The molecule has 20 heavy (non-hydrogen) atoms. The zero-order valence-electron chi connectivity index (χ0n) is 11.0. The van der Waals surface area contributed by atoms with Crippen LogP contribution in [0, 0.1) is 0 Å². The summed E-state index contributed by atoms with van der Waals surface area (Å²) in [5, 5.41) is 6.14. The minimum Gasteiger partial charge on any atom is -0.262 e. The maximum Gasteiger partial charge on any atom is 0.222 e. The zero-order chi connectivity index (χ0) is 14.3. The number of benzene rings is 1. The summed E-state index contributed by atoms with van der Waals surface area (Å²) in [6, 6.07) is 6.27. The fourth-order valence-corrected chi connectivity index (χ4v) is 2.48. The molecule has 0 radical (unpaired) electrons. The van der Waals surface area contributed by atoms with Crippen molar-refractivity contribution in [2.24, 2.45) is 0 Å². The largest absolute Gasteiger partial charge is 0.262 e. The molecule has 0 atom stereocenters. The quantitative estimate of drug-likeness (QED) is 0.660. The minimum atomic E-state index is 0.182. The molecule has 0 aliphatic heterocycles. The molecule has 0 unspecified atom stereocenters. The third kappa shape index (κ3) is 2.25. The highest BCUT2D eigenvalue weighted by molar-refractivity contribution is 6.33. The molecule has 2 heterocycles. The second kappa shape index (κ2) is 5.04. The van der Waals surface area contributed by atoms with Crippen molar-refractivity contribution in [2.75, 3.05) is 0 Å². The Labute approximate surface area is 126 Å². The summed E-state index contributed by atoms with van der Waals surface area (Å²) in [5.41, 5.74) is 2.57. The fraction of sp³-hybridized carbons (Fsp3) is 0.214. The van der Waals surface area contributed by atoms with Gasteiger partial charge in [0.25, 0.3) is 0 Å². The SMILES string of the molecule is CC(C)n1ncc2ccc(-c3nc(Cl)ncc3Cl)cc21. The van der Waals surface area contributed by atoms with Crippen molar-refractivity contribution in [1.82, 2.24) is 19.7 Å². The molecular weight excluding hydrogens is 295 g/mol. The first-order valence-corrected chi connectivity index (χ1v) is 6.97. The Morgan fingerprint density at radius 2 is 1.95 bits per heavy atom. The highest BCUT2D eigenvalue weighted by Gasteiger charge is 2.11. The van der Waals surface area contributed by atoms with E-state index >= 15 is 0 Å². The topological polar surface area (TPSA) is 43.6 Å². The normalized spacial score (nSPS) is 11.4. The molecule has 0 saturated carbocycles. The molecule has 102 valence electrons. The van der Waals surface area contributed by atoms with Gasteiger partial charge in [-0.2, -0.15) is 5.10 Å². The van der Waals surface area contributed by atoms with E-state index in [-0.39, 0.29) is 11.3 Å². The lowest BCUT2D eigenvalue weighted by Gasteiger charge is -2.09. The van der Waals surface area contributed by atoms with E-state index in [1.807, 2.05) is 29.1 Å². The molecule has 0 bridgehead atoms. The van der Waals surface area contributed by atoms with Crippen molar-refractivity contribution in [2.45, 2.75) is 19.9 Å². The van der Waals surface area contributed by atoms with E-state index in [2.05, 4.69) is 28.9 Å². The fourth-order valence-electron chi connectivity index (χ4n) is 2.14. The predicted molar refractivity (Wildman–Crippen MR) is 81.2 cm³/mol. The third-order valence-corrected chi connectivity index (χ3v) is 3.53. The molecule has 3 aromatic rings. The number of rotatable bonds is 2. The molecule has 0 aliphatic carbocycles. The number of hydrogen-bond donors (Lipinski definition) is 0. The van der Waals surface area contributed by atoms with Crippen LogP contribution < -0.4 is 0 Å². The van der Waals surface area contributed by atoms with E-state index in [4.69, 9.17) is 23.2 Å². The average molecular weight is 307 g/mol. The van der Waals surface area contributed by atoms with E-state index in [0.717, 1.165) is 16.5 Å². The second-order valence-corrected chi connectivity index (χ2v) is 5.54. The average Bonchev–Trinajstić information content (AvgIpc) is 2.84.